The van der Waals surface area contributed by atoms with E-state index in [0.717, 1.165) is 31.3 Å². The van der Waals surface area contributed by atoms with Crippen LogP contribution >= 0.6 is 0 Å². The summed E-state index contributed by atoms with van der Waals surface area (Å²) in [6.07, 6.45) is 3.89. The van der Waals surface area contributed by atoms with Crippen LogP contribution in [-0.4, -0.2) is 34.1 Å². The minimum absolute atomic E-state index is 0.392. The van der Waals surface area contributed by atoms with Gasteiger partial charge in [-0.15, -0.1) is 0 Å². The minimum atomic E-state index is 0.392. The van der Waals surface area contributed by atoms with Gasteiger partial charge in [-0.1, -0.05) is 32.0 Å². The zero-order chi connectivity index (χ0) is 14.4. The van der Waals surface area contributed by atoms with E-state index in [0.29, 0.717) is 6.04 Å². The van der Waals surface area contributed by atoms with Crippen molar-refractivity contribution in [2.24, 2.45) is 0 Å². The van der Waals surface area contributed by atoms with Crippen LogP contribution in [0.25, 0.3) is 0 Å². The molecule has 4 heteroatoms. The maximum atomic E-state index is 4.42. The average molecular weight is 272 g/mol. The highest BCUT2D eigenvalue weighted by molar-refractivity contribution is 5.53. The van der Waals surface area contributed by atoms with E-state index >= 15 is 0 Å². The van der Waals surface area contributed by atoms with Gasteiger partial charge in [0, 0.05) is 30.7 Å². The Morgan fingerprint density at radius 3 is 2.55 bits per heavy atom. The quantitative estimate of drug-likeness (QED) is 0.837. The summed E-state index contributed by atoms with van der Waals surface area (Å²) >= 11 is 0. The first-order valence-electron chi connectivity index (χ1n) is 7.31. The second-order valence-corrected chi connectivity index (χ2v) is 4.98. The first kappa shape index (κ1) is 14.6. The molecule has 1 heterocycles. The lowest BCUT2D eigenvalue weighted by molar-refractivity contribution is 0.262. The van der Waals surface area contributed by atoms with Crippen molar-refractivity contribution >= 4 is 11.6 Å². The van der Waals surface area contributed by atoms with Gasteiger partial charge in [0.1, 0.15) is 0 Å². The number of imidazole rings is 1. The summed E-state index contributed by atoms with van der Waals surface area (Å²) in [4.78, 5) is 6.85. The van der Waals surface area contributed by atoms with Crippen molar-refractivity contribution in [1.29, 1.82) is 0 Å². The molecule has 4 nitrogen and oxygen atoms in total. The topological polar surface area (TPSA) is 33.1 Å². The van der Waals surface area contributed by atoms with Gasteiger partial charge in [0.15, 0.2) is 0 Å². The van der Waals surface area contributed by atoms with Crippen molar-refractivity contribution in [2.75, 3.05) is 25.0 Å². The van der Waals surface area contributed by atoms with E-state index in [1.165, 1.54) is 0 Å². The number of rotatable bonds is 7. The molecule has 2 aromatic rings. The summed E-state index contributed by atoms with van der Waals surface area (Å²) in [5.41, 5.74) is 1.06. The number of nitrogens with zero attached hydrogens (tertiary/aromatic N) is 3. The van der Waals surface area contributed by atoms with Crippen molar-refractivity contribution < 1.29 is 0 Å². The Morgan fingerprint density at radius 1 is 1.20 bits per heavy atom. The fraction of sp³-hybridized carbons (Fsp3) is 0.438. The fourth-order valence-corrected chi connectivity index (χ4v) is 2.36. The van der Waals surface area contributed by atoms with Crippen LogP contribution in [0.4, 0.5) is 11.6 Å². The van der Waals surface area contributed by atoms with Gasteiger partial charge >= 0.3 is 0 Å². The molecular formula is C16H24N4. The Balaban J connectivity index is 2.08. The van der Waals surface area contributed by atoms with Crippen molar-refractivity contribution in [2.45, 2.75) is 26.8 Å². The van der Waals surface area contributed by atoms with Crippen LogP contribution in [0.5, 0.6) is 0 Å². The van der Waals surface area contributed by atoms with Gasteiger partial charge in [-0.3, -0.25) is 0 Å². The van der Waals surface area contributed by atoms with E-state index < -0.39 is 0 Å². The third kappa shape index (κ3) is 3.61. The first-order valence-corrected chi connectivity index (χ1v) is 7.31. The lowest BCUT2D eigenvalue weighted by atomic mass is 10.3. The third-order valence-electron chi connectivity index (χ3n) is 3.59. The summed E-state index contributed by atoms with van der Waals surface area (Å²) in [6, 6.07) is 10.6. The molecule has 108 valence electrons. The second-order valence-electron chi connectivity index (χ2n) is 4.98. The van der Waals surface area contributed by atoms with E-state index in [4.69, 9.17) is 0 Å². The predicted octanol–water partition coefficient (Wildman–Crippen LogP) is 3.53. The largest absolute Gasteiger partial charge is 0.326 e. The number of hydrogen-bond donors (Lipinski definition) is 1. The van der Waals surface area contributed by atoms with E-state index in [-0.39, 0.29) is 0 Å². The Labute approximate surface area is 121 Å². The fourth-order valence-electron chi connectivity index (χ4n) is 2.36. The van der Waals surface area contributed by atoms with Crippen molar-refractivity contribution in [1.82, 2.24) is 14.5 Å². The molecule has 1 aromatic carbocycles. The molecule has 20 heavy (non-hydrogen) atoms. The molecule has 0 aliphatic rings. The van der Waals surface area contributed by atoms with Crippen molar-refractivity contribution in [3.8, 4) is 0 Å². The number of anilines is 2. The summed E-state index contributed by atoms with van der Waals surface area (Å²) in [6.45, 7) is 9.83. The zero-order valence-corrected chi connectivity index (χ0v) is 12.6. The number of hydrogen-bond acceptors (Lipinski definition) is 3. The Hall–Kier alpha value is -1.81. The highest BCUT2D eigenvalue weighted by atomic mass is 15.2. The number of para-hydroxylation sites is 1. The van der Waals surface area contributed by atoms with Crippen molar-refractivity contribution in [3.63, 3.8) is 0 Å². The molecule has 0 saturated carbocycles. The summed E-state index contributed by atoms with van der Waals surface area (Å²) < 4.78 is 2.20. The van der Waals surface area contributed by atoms with E-state index in [9.17, 15) is 0 Å². The molecule has 0 spiro atoms. The number of nitrogens with one attached hydrogen (secondary N) is 1. The van der Waals surface area contributed by atoms with Gasteiger partial charge in [0.05, 0.1) is 0 Å². The molecule has 0 bridgehead atoms. The van der Waals surface area contributed by atoms with Gasteiger partial charge in [-0.25, -0.2) is 4.98 Å². The van der Waals surface area contributed by atoms with Gasteiger partial charge < -0.3 is 14.8 Å². The Kier molecular flexibility index (Phi) is 5.18. The molecule has 1 atom stereocenters. The average Bonchev–Trinajstić information content (AvgIpc) is 2.94. The lowest BCUT2D eigenvalue weighted by Gasteiger charge is -2.24. The van der Waals surface area contributed by atoms with Gasteiger partial charge in [-0.2, -0.15) is 0 Å². The maximum absolute atomic E-state index is 4.42. The molecule has 0 saturated heterocycles. The van der Waals surface area contributed by atoms with Gasteiger partial charge in [0.2, 0.25) is 5.95 Å². The maximum Gasteiger partial charge on any atom is 0.207 e. The van der Waals surface area contributed by atoms with E-state index in [1.807, 2.05) is 42.7 Å². The number of benzene rings is 1. The SMILES string of the molecule is CCN(CC)CC(C)n1ccnc1Nc1ccccc1. The molecule has 0 amide bonds. The predicted molar refractivity (Wildman–Crippen MR) is 84.5 cm³/mol. The van der Waals surface area contributed by atoms with Crippen molar-refractivity contribution in [3.05, 3.63) is 42.7 Å². The van der Waals surface area contributed by atoms with Crippen LogP contribution in [0.2, 0.25) is 0 Å². The molecule has 1 aromatic heterocycles. The Bertz CT molecular complexity index is 502. The first-order chi connectivity index (χ1) is 9.74. The van der Waals surface area contributed by atoms with Crippen LogP contribution in [0.15, 0.2) is 42.7 Å². The number of aromatic nitrogens is 2. The second kappa shape index (κ2) is 7.10. The molecule has 2 rings (SSSR count). The van der Waals surface area contributed by atoms with E-state index in [2.05, 4.69) is 40.5 Å². The third-order valence-corrected chi connectivity index (χ3v) is 3.59. The highest BCUT2D eigenvalue weighted by Crippen LogP contribution is 2.19. The normalized spacial score (nSPS) is 12.6. The van der Waals surface area contributed by atoms with E-state index in [1.54, 1.807) is 0 Å². The van der Waals surface area contributed by atoms with Crippen LogP contribution < -0.4 is 5.32 Å². The molecule has 1 N–H and O–H groups in total. The summed E-state index contributed by atoms with van der Waals surface area (Å²) in [5, 5.41) is 3.38. The smallest absolute Gasteiger partial charge is 0.207 e. The molecule has 1 unspecified atom stereocenters. The Morgan fingerprint density at radius 2 is 1.90 bits per heavy atom. The molecule has 0 aliphatic heterocycles. The van der Waals surface area contributed by atoms with Gasteiger partial charge in [0.25, 0.3) is 0 Å². The molecule has 0 fully saturated rings. The zero-order valence-electron chi connectivity index (χ0n) is 12.6. The van der Waals surface area contributed by atoms with Crippen LogP contribution in [0.3, 0.4) is 0 Å². The summed E-state index contributed by atoms with van der Waals surface area (Å²) in [7, 11) is 0. The molecule has 0 radical (unpaired) electrons. The summed E-state index contributed by atoms with van der Waals surface area (Å²) in [5.74, 6) is 0.899. The van der Waals surface area contributed by atoms with Gasteiger partial charge in [-0.05, 0) is 32.1 Å². The van der Waals surface area contributed by atoms with Crippen LogP contribution in [-0.2, 0) is 0 Å². The minimum Gasteiger partial charge on any atom is -0.326 e. The van der Waals surface area contributed by atoms with Crippen LogP contribution in [0.1, 0.15) is 26.8 Å². The van der Waals surface area contributed by atoms with Crippen LogP contribution in [0, 0.1) is 0 Å². The standard InChI is InChI=1S/C16H24N4/c1-4-19(5-2)13-14(3)20-12-11-17-16(20)18-15-9-7-6-8-10-15/h6-12,14H,4-5,13H2,1-3H3,(H,17,18). The highest BCUT2D eigenvalue weighted by Gasteiger charge is 2.12. The monoisotopic (exact) mass is 272 g/mol. The molecular weight excluding hydrogens is 248 g/mol. The number of likely N-dealkylation sites (N-methyl/N-ethyl adjacent to an activating group) is 1. The lowest BCUT2D eigenvalue weighted by Crippen LogP contribution is -2.29. The molecule has 0 aliphatic carbocycles.